The molecule has 7 nitrogen and oxygen atoms in total. The highest BCUT2D eigenvalue weighted by atomic mass is 32.2. The number of hydrazone groups is 1. The minimum atomic E-state index is -0.448. The molecule has 0 bridgehead atoms. The van der Waals surface area contributed by atoms with Gasteiger partial charge in [0.2, 0.25) is 5.17 Å². The quantitative estimate of drug-likeness (QED) is 0.782. The summed E-state index contributed by atoms with van der Waals surface area (Å²) in [5.74, 6) is -0.258. The first-order valence-electron chi connectivity index (χ1n) is 8.31. The lowest BCUT2D eigenvalue weighted by molar-refractivity contribution is -0.114. The molecule has 0 spiro atoms. The van der Waals surface area contributed by atoms with Gasteiger partial charge in [0.05, 0.1) is 16.3 Å². The zero-order chi connectivity index (χ0) is 19.3. The number of para-hydroxylation sites is 2. The number of aromatic hydroxyl groups is 1. The highest BCUT2D eigenvalue weighted by molar-refractivity contribution is 8.26. The van der Waals surface area contributed by atoms with Crippen LogP contribution in [0.3, 0.4) is 0 Å². The number of rotatable bonds is 2. The van der Waals surface area contributed by atoms with E-state index < -0.39 is 5.91 Å². The van der Waals surface area contributed by atoms with Crippen LogP contribution >= 0.6 is 11.8 Å². The topological polar surface area (TPSA) is 94.0 Å². The summed E-state index contributed by atoms with van der Waals surface area (Å²) in [5.41, 5.74) is 3.40. The van der Waals surface area contributed by atoms with E-state index >= 15 is 0 Å². The summed E-state index contributed by atoms with van der Waals surface area (Å²) >= 11 is 1.28. The molecule has 0 radical (unpaired) electrons. The van der Waals surface area contributed by atoms with Crippen LogP contribution in [0.1, 0.15) is 23.9 Å². The smallest absolute Gasteiger partial charge is 0.283 e. The van der Waals surface area contributed by atoms with Crippen LogP contribution in [0.5, 0.6) is 5.75 Å². The number of benzene rings is 1. The fourth-order valence-corrected chi connectivity index (χ4v) is 3.93. The van der Waals surface area contributed by atoms with Crippen molar-refractivity contribution in [3.8, 4) is 11.4 Å². The van der Waals surface area contributed by atoms with Crippen LogP contribution in [0.25, 0.3) is 11.8 Å². The summed E-state index contributed by atoms with van der Waals surface area (Å²) in [6, 6.07) is 9.00. The van der Waals surface area contributed by atoms with Gasteiger partial charge in [0.15, 0.2) is 5.84 Å². The van der Waals surface area contributed by atoms with Gasteiger partial charge in [-0.3, -0.25) is 10.2 Å². The van der Waals surface area contributed by atoms with Gasteiger partial charge in [-0.25, -0.2) is 0 Å². The highest BCUT2D eigenvalue weighted by Gasteiger charge is 2.34. The summed E-state index contributed by atoms with van der Waals surface area (Å²) in [7, 11) is 0. The van der Waals surface area contributed by atoms with Crippen LogP contribution in [-0.2, 0) is 4.79 Å². The number of phenolic OH excluding ortho intramolecular Hbond substituents is 1. The average Bonchev–Trinajstić information content (AvgIpc) is 3.12. The van der Waals surface area contributed by atoms with Crippen molar-refractivity contribution in [3.05, 3.63) is 52.9 Å². The van der Waals surface area contributed by atoms with E-state index in [-0.39, 0.29) is 17.2 Å². The monoisotopic (exact) mass is 379 g/mol. The molecule has 2 aliphatic rings. The van der Waals surface area contributed by atoms with Crippen LogP contribution in [0.15, 0.2) is 46.0 Å². The number of nitrogens with zero attached hydrogens (tertiary/aromatic N) is 4. The molecule has 2 aliphatic heterocycles. The molecule has 1 aromatic carbocycles. The van der Waals surface area contributed by atoms with Crippen LogP contribution in [0.2, 0.25) is 0 Å². The first-order chi connectivity index (χ1) is 12.9. The van der Waals surface area contributed by atoms with E-state index in [0.717, 1.165) is 22.0 Å². The van der Waals surface area contributed by atoms with E-state index in [1.807, 2.05) is 43.5 Å². The molecule has 1 aromatic heterocycles. The lowest BCUT2D eigenvalue weighted by atomic mass is 10.1. The first kappa shape index (κ1) is 17.3. The third kappa shape index (κ3) is 2.78. The number of phenols is 1. The Morgan fingerprint density at radius 3 is 2.70 bits per heavy atom. The Morgan fingerprint density at radius 1 is 1.22 bits per heavy atom. The predicted molar refractivity (Wildman–Crippen MR) is 108 cm³/mol. The van der Waals surface area contributed by atoms with Crippen LogP contribution < -0.4 is 0 Å². The molecule has 136 valence electrons. The van der Waals surface area contributed by atoms with E-state index in [9.17, 15) is 9.90 Å². The SMILES string of the molecule is CC1=NN2C(=N)/C(=C/c3cc(C)n(-c4ccccc4O)c3C)C(=O)N=C2S1. The second-order valence-corrected chi connectivity index (χ2v) is 7.45. The Balaban J connectivity index is 1.80. The number of amidine groups is 2. The number of aromatic nitrogens is 1. The Kier molecular flexibility index (Phi) is 4.00. The standard InChI is InChI=1S/C19H17N5O2S/c1-10-8-13(11(2)23(10)15-6-4-5-7-16(15)25)9-14-17(20)24-19(21-18(14)26)27-12(3)22-24/h4-9,20,25H,1-3H3/b14-9-,20-17?. The second kappa shape index (κ2) is 6.24. The lowest BCUT2D eigenvalue weighted by Gasteiger charge is -2.20. The number of thioether (sulfide) groups is 1. The molecular formula is C19H17N5O2S. The van der Waals surface area contributed by atoms with Crippen molar-refractivity contribution in [1.82, 2.24) is 9.58 Å². The zero-order valence-electron chi connectivity index (χ0n) is 15.0. The molecule has 0 fully saturated rings. The molecule has 27 heavy (non-hydrogen) atoms. The minimum absolute atomic E-state index is 0.0155. The van der Waals surface area contributed by atoms with Gasteiger partial charge in [-0.05, 0) is 62.4 Å². The molecule has 0 saturated heterocycles. The number of aliphatic imine (C=N–C) groups is 1. The van der Waals surface area contributed by atoms with Gasteiger partial charge in [-0.15, -0.1) is 0 Å². The molecule has 0 unspecified atom stereocenters. The van der Waals surface area contributed by atoms with Crippen molar-refractivity contribution < 1.29 is 9.90 Å². The van der Waals surface area contributed by atoms with E-state index in [0.29, 0.717) is 10.9 Å². The third-order valence-electron chi connectivity index (χ3n) is 4.45. The number of fused-ring (bicyclic) bond motifs is 1. The van der Waals surface area contributed by atoms with Crippen LogP contribution in [0, 0.1) is 19.3 Å². The molecule has 1 amide bonds. The summed E-state index contributed by atoms with van der Waals surface area (Å²) in [6.45, 7) is 5.65. The number of hydrogen-bond acceptors (Lipinski definition) is 5. The van der Waals surface area contributed by atoms with Gasteiger partial charge >= 0.3 is 0 Å². The summed E-state index contributed by atoms with van der Waals surface area (Å²) < 4.78 is 1.92. The van der Waals surface area contributed by atoms with Crippen molar-refractivity contribution in [2.75, 3.05) is 0 Å². The molecule has 0 atom stereocenters. The first-order valence-corrected chi connectivity index (χ1v) is 9.12. The molecule has 0 saturated carbocycles. The fraction of sp³-hybridized carbons (Fsp3) is 0.158. The third-order valence-corrected chi connectivity index (χ3v) is 5.27. The molecule has 8 heteroatoms. The Bertz CT molecular complexity index is 1090. The van der Waals surface area contributed by atoms with E-state index in [4.69, 9.17) is 5.41 Å². The maximum atomic E-state index is 12.5. The van der Waals surface area contributed by atoms with Crippen molar-refractivity contribution in [1.29, 1.82) is 5.41 Å². The van der Waals surface area contributed by atoms with Gasteiger partial charge in [-0.1, -0.05) is 12.1 Å². The van der Waals surface area contributed by atoms with Crippen molar-refractivity contribution in [3.63, 3.8) is 0 Å². The normalized spacial score (nSPS) is 18.0. The van der Waals surface area contributed by atoms with E-state index in [2.05, 4.69) is 10.1 Å². The zero-order valence-corrected chi connectivity index (χ0v) is 15.8. The number of carbonyl (C=O) groups excluding carboxylic acids is 1. The van der Waals surface area contributed by atoms with Gasteiger partial charge in [0, 0.05) is 11.4 Å². The molecule has 4 rings (SSSR count). The van der Waals surface area contributed by atoms with Crippen molar-refractivity contribution in [2.45, 2.75) is 20.8 Å². The number of aryl methyl sites for hydroxylation is 1. The number of nitrogens with one attached hydrogen (secondary N) is 1. The number of amides is 1. The maximum Gasteiger partial charge on any atom is 0.283 e. The Morgan fingerprint density at radius 2 is 1.96 bits per heavy atom. The fourth-order valence-electron chi connectivity index (χ4n) is 3.20. The largest absolute Gasteiger partial charge is 0.506 e. The second-order valence-electron chi connectivity index (χ2n) is 6.29. The van der Waals surface area contributed by atoms with Gasteiger partial charge in [0.25, 0.3) is 5.91 Å². The minimum Gasteiger partial charge on any atom is -0.506 e. The predicted octanol–water partition coefficient (Wildman–Crippen LogP) is 3.44. The van der Waals surface area contributed by atoms with Gasteiger partial charge in [0.1, 0.15) is 5.75 Å². The Labute approximate surface area is 160 Å². The van der Waals surface area contributed by atoms with Crippen molar-refractivity contribution in [2.24, 2.45) is 10.1 Å². The number of hydrogen-bond donors (Lipinski definition) is 2. The van der Waals surface area contributed by atoms with E-state index in [1.165, 1.54) is 16.8 Å². The molecule has 3 heterocycles. The number of carbonyl (C=O) groups is 1. The van der Waals surface area contributed by atoms with Gasteiger partial charge in [-0.2, -0.15) is 15.1 Å². The van der Waals surface area contributed by atoms with Crippen LogP contribution in [0.4, 0.5) is 0 Å². The molecule has 2 aromatic rings. The summed E-state index contributed by atoms with van der Waals surface area (Å²) in [6.07, 6.45) is 1.66. The summed E-state index contributed by atoms with van der Waals surface area (Å²) in [5, 5.41) is 25.3. The maximum absolute atomic E-state index is 12.5. The Hall–Kier alpha value is -3.13. The average molecular weight is 379 g/mol. The molecule has 2 N–H and O–H groups in total. The van der Waals surface area contributed by atoms with Crippen molar-refractivity contribution >= 4 is 39.8 Å². The van der Waals surface area contributed by atoms with Crippen LogP contribution in [-0.4, -0.2) is 36.6 Å². The van der Waals surface area contributed by atoms with Gasteiger partial charge < -0.3 is 9.67 Å². The highest BCUT2D eigenvalue weighted by Crippen LogP contribution is 2.31. The lowest BCUT2D eigenvalue weighted by Crippen LogP contribution is -2.35. The molecular weight excluding hydrogens is 362 g/mol. The molecule has 0 aliphatic carbocycles. The van der Waals surface area contributed by atoms with E-state index in [1.54, 1.807) is 18.2 Å². The summed E-state index contributed by atoms with van der Waals surface area (Å²) in [4.78, 5) is 16.5.